The van der Waals surface area contributed by atoms with Gasteiger partial charge in [0.2, 0.25) is 0 Å². The molecule has 0 amide bonds. The van der Waals surface area contributed by atoms with Gasteiger partial charge in [-0.2, -0.15) is 0 Å². The molecule has 1 aromatic rings. The van der Waals surface area contributed by atoms with Crippen LogP contribution in [0.15, 0.2) is 29.2 Å². The summed E-state index contributed by atoms with van der Waals surface area (Å²) in [6.07, 6.45) is 11.6. The highest BCUT2D eigenvalue weighted by Crippen LogP contribution is 2.15. The largest absolute Gasteiger partial charge is 0.744 e. The van der Waals surface area contributed by atoms with Gasteiger partial charge in [-0.15, -0.1) is 0 Å². The Balaban J connectivity index is 0.000000604. The van der Waals surface area contributed by atoms with Crippen molar-refractivity contribution in [1.82, 2.24) is 0 Å². The summed E-state index contributed by atoms with van der Waals surface area (Å²) in [4.78, 5) is -0.178. The van der Waals surface area contributed by atoms with Crippen molar-refractivity contribution in [3.8, 4) is 0 Å². The molecule has 170 valence electrons. The lowest BCUT2D eigenvalue weighted by molar-refractivity contribution is -0.945. The SMILES string of the molecule is CCCCC[N+](CO)(CCCCC)CCCCC.Cc1ccc(S(=O)(=O)[O-])cc1. The van der Waals surface area contributed by atoms with Crippen LogP contribution in [0.1, 0.15) is 84.1 Å². The highest BCUT2D eigenvalue weighted by molar-refractivity contribution is 7.85. The third-order valence-electron chi connectivity index (χ3n) is 5.32. The molecule has 1 N–H and O–H groups in total. The van der Waals surface area contributed by atoms with Crippen LogP contribution in [-0.2, 0) is 10.1 Å². The summed E-state index contributed by atoms with van der Waals surface area (Å²) in [5, 5.41) is 9.85. The third-order valence-corrected chi connectivity index (χ3v) is 6.17. The van der Waals surface area contributed by atoms with E-state index in [4.69, 9.17) is 0 Å². The predicted molar refractivity (Wildman–Crippen MR) is 120 cm³/mol. The quantitative estimate of drug-likeness (QED) is 0.190. The molecule has 0 unspecified atom stereocenters. The van der Waals surface area contributed by atoms with Crippen LogP contribution in [0.25, 0.3) is 0 Å². The second kappa shape index (κ2) is 15.8. The molecular formula is C23H43NO4S. The first-order valence-corrected chi connectivity index (χ1v) is 12.6. The third kappa shape index (κ3) is 13.1. The second-order valence-corrected chi connectivity index (χ2v) is 9.42. The van der Waals surface area contributed by atoms with Crippen molar-refractivity contribution in [3.05, 3.63) is 29.8 Å². The van der Waals surface area contributed by atoms with Crippen LogP contribution < -0.4 is 0 Å². The predicted octanol–water partition coefficient (Wildman–Crippen LogP) is 5.22. The molecule has 0 saturated carbocycles. The van der Waals surface area contributed by atoms with Gasteiger partial charge < -0.3 is 14.1 Å². The van der Waals surface area contributed by atoms with Crippen LogP contribution in [0.3, 0.4) is 0 Å². The van der Waals surface area contributed by atoms with Gasteiger partial charge in [-0.1, -0.05) is 57.7 Å². The molecule has 1 rings (SSSR count). The van der Waals surface area contributed by atoms with Gasteiger partial charge in [0.05, 0.1) is 24.5 Å². The molecule has 0 aliphatic rings. The fourth-order valence-corrected chi connectivity index (χ4v) is 3.81. The molecule has 0 spiro atoms. The molecule has 5 nitrogen and oxygen atoms in total. The van der Waals surface area contributed by atoms with Gasteiger partial charge in [-0.3, -0.25) is 0 Å². The van der Waals surface area contributed by atoms with Crippen molar-refractivity contribution in [3.63, 3.8) is 0 Å². The maximum atomic E-state index is 10.4. The average molecular weight is 430 g/mol. The first-order chi connectivity index (χ1) is 13.7. The summed E-state index contributed by atoms with van der Waals surface area (Å²) in [7, 11) is -4.27. The maximum absolute atomic E-state index is 10.4. The van der Waals surface area contributed by atoms with E-state index in [9.17, 15) is 18.1 Å². The van der Waals surface area contributed by atoms with E-state index in [2.05, 4.69) is 20.8 Å². The minimum absolute atomic E-state index is 0.178. The molecule has 6 heteroatoms. The molecule has 1 aromatic carbocycles. The molecular weight excluding hydrogens is 386 g/mol. The first-order valence-electron chi connectivity index (χ1n) is 11.2. The van der Waals surface area contributed by atoms with Crippen LogP contribution in [0.5, 0.6) is 0 Å². The zero-order valence-corrected chi connectivity index (χ0v) is 19.8. The minimum atomic E-state index is -4.27. The number of hydrogen-bond donors (Lipinski definition) is 1. The topological polar surface area (TPSA) is 77.4 Å². The number of quaternary nitrogens is 1. The zero-order chi connectivity index (χ0) is 22.2. The number of aliphatic hydroxyl groups excluding tert-OH is 1. The van der Waals surface area contributed by atoms with Crippen molar-refractivity contribution < 1.29 is 22.6 Å². The Kier molecular flexibility index (Phi) is 15.3. The average Bonchev–Trinajstić information content (AvgIpc) is 2.68. The summed E-state index contributed by atoms with van der Waals surface area (Å²) < 4.78 is 32.1. The summed E-state index contributed by atoms with van der Waals surface area (Å²) in [6.45, 7) is 12.5. The number of unbranched alkanes of at least 4 members (excludes halogenated alkanes) is 6. The van der Waals surface area contributed by atoms with Crippen LogP contribution in [0.2, 0.25) is 0 Å². The molecule has 0 saturated heterocycles. The van der Waals surface area contributed by atoms with Crippen molar-refractivity contribution in [2.45, 2.75) is 90.4 Å². The van der Waals surface area contributed by atoms with E-state index in [1.807, 2.05) is 6.92 Å². The molecule has 0 bridgehead atoms. The Morgan fingerprint density at radius 3 is 1.45 bits per heavy atom. The van der Waals surface area contributed by atoms with E-state index in [1.54, 1.807) is 12.1 Å². The van der Waals surface area contributed by atoms with Gasteiger partial charge in [0.25, 0.3) is 0 Å². The maximum Gasteiger partial charge on any atom is 0.180 e. The normalized spacial score (nSPS) is 11.8. The van der Waals surface area contributed by atoms with Crippen LogP contribution in [0.4, 0.5) is 0 Å². The number of aryl methyl sites for hydroxylation is 1. The Hall–Kier alpha value is -0.950. The molecule has 29 heavy (non-hydrogen) atoms. The number of hydrogen-bond acceptors (Lipinski definition) is 4. The Morgan fingerprint density at radius 2 is 1.17 bits per heavy atom. The number of nitrogens with zero attached hydrogens (tertiary/aromatic N) is 1. The van der Waals surface area contributed by atoms with Crippen LogP contribution in [0, 0.1) is 6.92 Å². The lowest BCUT2D eigenvalue weighted by atomic mass is 10.1. The molecule has 0 aliphatic heterocycles. The molecule has 0 aliphatic carbocycles. The van der Waals surface area contributed by atoms with E-state index in [0.717, 1.165) is 10.0 Å². The molecule has 0 atom stereocenters. The van der Waals surface area contributed by atoms with Crippen LogP contribution in [-0.4, -0.2) is 48.9 Å². The summed E-state index contributed by atoms with van der Waals surface area (Å²) >= 11 is 0. The lowest BCUT2D eigenvalue weighted by Gasteiger charge is -2.37. The second-order valence-electron chi connectivity index (χ2n) is 8.04. The van der Waals surface area contributed by atoms with E-state index in [0.29, 0.717) is 6.73 Å². The number of rotatable bonds is 14. The first kappa shape index (κ1) is 28.1. The van der Waals surface area contributed by atoms with E-state index in [1.165, 1.54) is 89.6 Å². The highest BCUT2D eigenvalue weighted by atomic mass is 32.2. The van der Waals surface area contributed by atoms with E-state index in [-0.39, 0.29) is 4.90 Å². The number of benzene rings is 1. The van der Waals surface area contributed by atoms with Gasteiger partial charge in [0, 0.05) is 0 Å². The Labute approximate surface area is 179 Å². The summed E-state index contributed by atoms with van der Waals surface area (Å²) in [6, 6.07) is 5.78. The van der Waals surface area contributed by atoms with Crippen molar-refractivity contribution in [1.29, 1.82) is 0 Å². The van der Waals surface area contributed by atoms with Crippen molar-refractivity contribution >= 4 is 10.1 Å². The summed E-state index contributed by atoms with van der Waals surface area (Å²) in [5.41, 5.74) is 0.928. The van der Waals surface area contributed by atoms with E-state index < -0.39 is 10.1 Å². The number of aliphatic hydroxyl groups is 1. The smallest absolute Gasteiger partial charge is 0.180 e. The molecule has 0 aromatic heterocycles. The zero-order valence-electron chi connectivity index (χ0n) is 19.0. The van der Waals surface area contributed by atoms with Crippen molar-refractivity contribution in [2.24, 2.45) is 0 Å². The Morgan fingerprint density at radius 1 is 0.793 bits per heavy atom. The minimum Gasteiger partial charge on any atom is -0.744 e. The fourth-order valence-electron chi connectivity index (χ4n) is 3.34. The highest BCUT2D eigenvalue weighted by Gasteiger charge is 2.24. The monoisotopic (exact) mass is 429 g/mol. The fraction of sp³-hybridized carbons (Fsp3) is 0.739. The van der Waals surface area contributed by atoms with Gasteiger partial charge in [-0.25, -0.2) is 8.42 Å². The van der Waals surface area contributed by atoms with Gasteiger partial charge in [-0.05, 0) is 57.6 Å². The van der Waals surface area contributed by atoms with Crippen LogP contribution >= 0.6 is 0 Å². The van der Waals surface area contributed by atoms with Gasteiger partial charge in [0.15, 0.2) is 6.73 Å². The molecule has 0 heterocycles. The lowest BCUT2D eigenvalue weighted by Crippen LogP contribution is -2.50. The Bertz CT molecular complexity index is 588. The van der Waals surface area contributed by atoms with Gasteiger partial charge in [0.1, 0.15) is 10.1 Å². The van der Waals surface area contributed by atoms with Crippen molar-refractivity contribution in [2.75, 3.05) is 26.4 Å². The molecule has 0 fully saturated rings. The molecule has 0 radical (unpaired) electrons. The van der Waals surface area contributed by atoms with Gasteiger partial charge >= 0.3 is 0 Å². The standard InChI is InChI=1S/C16H36NO.C7H8O3S/c1-4-7-10-13-17(16-18,14-11-8-5-2)15-12-9-6-3;1-6-2-4-7(5-3-6)11(8,9)10/h18H,4-16H2,1-3H3;2-5H,1H3,(H,8,9,10)/q+1;/p-1. The van der Waals surface area contributed by atoms with E-state index >= 15 is 0 Å². The summed E-state index contributed by atoms with van der Waals surface area (Å²) in [5.74, 6) is 0.